The van der Waals surface area contributed by atoms with Gasteiger partial charge in [0.05, 0.1) is 5.69 Å². The van der Waals surface area contributed by atoms with E-state index < -0.39 is 0 Å². The lowest BCUT2D eigenvalue weighted by Gasteiger charge is -1.95. The summed E-state index contributed by atoms with van der Waals surface area (Å²) in [5, 5.41) is 0.668. The molecule has 0 atom stereocenters. The Morgan fingerprint density at radius 3 is 2.67 bits per heavy atom. The molecule has 2 N–H and O–H groups in total. The predicted molar refractivity (Wildman–Crippen MR) is 51.2 cm³/mol. The summed E-state index contributed by atoms with van der Waals surface area (Å²) in [6.45, 7) is 2.14. The topological polar surface area (TPSA) is 43.8 Å². The Labute approximate surface area is 77.5 Å². The number of aromatic nitrogens is 2. The van der Waals surface area contributed by atoms with Crippen LogP contribution in [0.1, 0.15) is 25.5 Å². The molecular formula is C8H14ClN3. The van der Waals surface area contributed by atoms with Crippen molar-refractivity contribution in [2.75, 3.05) is 5.73 Å². The molecule has 12 heavy (non-hydrogen) atoms. The summed E-state index contributed by atoms with van der Waals surface area (Å²) in [6, 6.07) is 0. The fraction of sp³-hybridized carbons (Fsp3) is 0.625. The Morgan fingerprint density at radius 1 is 1.58 bits per heavy atom. The van der Waals surface area contributed by atoms with Crippen LogP contribution in [0.5, 0.6) is 0 Å². The van der Waals surface area contributed by atoms with Crippen molar-refractivity contribution >= 4 is 17.5 Å². The van der Waals surface area contributed by atoms with Crippen LogP contribution in [0.4, 0.5) is 5.95 Å². The maximum atomic E-state index is 5.97. The van der Waals surface area contributed by atoms with E-state index in [9.17, 15) is 0 Å². The van der Waals surface area contributed by atoms with E-state index in [0.717, 1.165) is 25.0 Å². The Balaban J connectivity index is 2.79. The highest BCUT2D eigenvalue weighted by atomic mass is 35.5. The van der Waals surface area contributed by atoms with Crippen LogP contribution in [0.3, 0.4) is 0 Å². The summed E-state index contributed by atoms with van der Waals surface area (Å²) in [6.07, 6.45) is 3.17. The minimum atomic E-state index is 0.492. The van der Waals surface area contributed by atoms with Crippen molar-refractivity contribution in [2.45, 2.75) is 26.2 Å². The van der Waals surface area contributed by atoms with Gasteiger partial charge in [-0.15, -0.1) is 0 Å². The molecule has 3 nitrogen and oxygen atoms in total. The molecule has 0 radical (unpaired) electrons. The smallest absolute Gasteiger partial charge is 0.201 e. The first-order valence-electron chi connectivity index (χ1n) is 4.13. The van der Waals surface area contributed by atoms with Gasteiger partial charge in [-0.25, -0.2) is 4.98 Å². The second kappa shape index (κ2) is 3.81. The number of hydrogen-bond acceptors (Lipinski definition) is 2. The van der Waals surface area contributed by atoms with Gasteiger partial charge in [0.25, 0.3) is 0 Å². The maximum absolute atomic E-state index is 5.97. The number of nitrogens with two attached hydrogens (primary N) is 1. The fourth-order valence-electron chi connectivity index (χ4n) is 1.06. The van der Waals surface area contributed by atoms with Crippen LogP contribution in [-0.2, 0) is 13.5 Å². The number of halogens is 1. The number of anilines is 1. The van der Waals surface area contributed by atoms with Gasteiger partial charge in [-0.05, 0) is 12.8 Å². The summed E-state index contributed by atoms with van der Waals surface area (Å²) in [4.78, 5) is 4.16. The number of hydrogen-bond donors (Lipinski definition) is 1. The van der Waals surface area contributed by atoms with Gasteiger partial charge >= 0.3 is 0 Å². The van der Waals surface area contributed by atoms with Crippen LogP contribution in [0, 0.1) is 0 Å². The third-order valence-electron chi connectivity index (χ3n) is 1.89. The second-order valence-corrected chi connectivity index (χ2v) is 3.23. The van der Waals surface area contributed by atoms with Crippen LogP contribution in [0.2, 0.25) is 5.15 Å². The van der Waals surface area contributed by atoms with Crippen molar-refractivity contribution < 1.29 is 0 Å². The molecule has 0 aliphatic heterocycles. The fourth-order valence-corrected chi connectivity index (χ4v) is 1.28. The van der Waals surface area contributed by atoms with Crippen molar-refractivity contribution in [2.24, 2.45) is 7.05 Å². The molecule has 0 saturated carbocycles. The molecule has 0 amide bonds. The summed E-state index contributed by atoms with van der Waals surface area (Å²) in [7, 11) is 1.82. The lowest BCUT2D eigenvalue weighted by molar-refractivity contribution is 0.780. The Morgan fingerprint density at radius 2 is 2.25 bits per heavy atom. The molecule has 0 saturated heterocycles. The molecule has 1 heterocycles. The number of imidazole rings is 1. The summed E-state index contributed by atoms with van der Waals surface area (Å²) in [5.74, 6) is 0.492. The molecule has 0 aliphatic carbocycles. The molecule has 0 bridgehead atoms. The first kappa shape index (κ1) is 9.39. The molecule has 4 heteroatoms. The Hall–Kier alpha value is -0.700. The van der Waals surface area contributed by atoms with Crippen molar-refractivity contribution in [3.05, 3.63) is 10.8 Å². The van der Waals surface area contributed by atoms with Crippen molar-refractivity contribution in [3.8, 4) is 0 Å². The van der Waals surface area contributed by atoms with E-state index in [1.165, 1.54) is 0 Å². The first-order valence-corrected chi connectivity index (χ1v) is 4.51. The average molecular weight is 188 g/mol. The number of nitrogen functional groups attached to an aromatic ring is 1. The third-order valence-corrected chi connectivity index (χ3v) is 2.36. The summed E-state index contributed by atoms with van der Waals surface area (Å²) >= 11 is 5.97. The van der Waals surface area contributed by atoms with Crippen LogP contribution in [0.25, 0.3) is 0 Å². The van der Waals surface area contributed by atoms with Gasteiger partial charge in [0.15, 0.2) is 0 Å². The summed E-state index contributed by atoms with van der Waals surface area (Å²) in [5.41, 5.74) is 6.50. The van der Waals surface area contributed by atoms with Gasteiger partial charge in [0, 0.05) is 7.05 Å². The van der Waals surface area contributed by atoms with Crippen LogP contribution in [-0.4, -0.2) is 9.55 Å². The average Bonchev–Trinajstić information content (AvgIpc) is 2.30. The van der Waals surface area contributed by atoms with E-state index in [1.54, 1.807) is 4.57 Å². The van der Waals surface area contributed by atoms with E-state index in [-0.39, 0.29) is 0 Å². The van der Waals surface area contributed by atoms with Gasteiger partial charge in [0.2, 0.25) is 5.95 Å². The highest BCUT2D eigenvalue weighted by Gasteiger charge is 2.08. The van der Waals surface area contributed by atoms with E-state index >= 15 is 0 Å². The van der Waals surface area contributed by atoms with Gasteiger partial charge < -0.3 is 10.3 Å². The van der Waals surface area contributed by atoms with Gasteiger partial charge in [0.1, 0.15) is 5.15 Å². The van der Waals surface area contributed by atoms with E-state index in [2.05, 4.69) is 11.9 Å². The lowest BCUT2D eigenvalue weighted by Crippen LogP contribution is -1.96. The lowest BCUT2D eigenvalue weighted by atomic mass is 10.2. The van der Waals surface area contributed by atoms with Gasteiger partial charge in [-0.1, -0.05) is 24.9 Å². The van der Waals surface area contributed by atoms with Crippen molar-refractivity contribution in [1.29, 1.82) is 0 Å². The van der Waals surface area contributed by atoms with Crippen molar-refractivity contribution in [3.63, 3.8) is 0 Å². The standard InChI is InChI=1S/C8H14ClN3/c1-3-4-5-6-7(9)12(2)8(10)11-6/h3-5H2,1-2H3,(H2,10,11). The van der Waals surface area contributed by atoms with Crippen LogP contribution < -0.4 is 5.73 Å². The third kappa shape index (κ3) is 1.72. The molecule has 0 fully saturated rings. The Bertz CT molecular complexity index is 268. The second-order valence-electron chi connectivity index (χ2n) is 2.87. The highest BCUT2D eigenvalue weighted by Crippen LogP contribution is 2.19. The highest BCUT2D eigenvalue weighted by molar-refractivity contribution is 6.30. The molecule has 1 aromatic rings. The van der Waals surface area contributed by atoms with Gasteiger partial charge in [-0.2, -0.15) is 0 Å². The predicted octanol–water partition coefficient (Wildman–Crippen LogP) is 2.00. The molecule has 1 rings (SSSR count). The molecule has 68 valence electrons. The number of nitrogens with zero attached hydrogens (tertiary/aromatic N) is 2. The van der Waals surface area contributed by atoms with Gasteiger partial charge in [-0.3, -0.25) is 0 Å². The zero-order valence-corrected chi connectivity index (χ0v) is 8.23. The SMILES string of the molecule is CCCCc1nc(N)n(C)c1Cl. The quantitative estimate of drug-likeness (QED) is 0.787. The molecule has 0 unspecified atom stereocenters. The zero-order chi connectivity index (χ0) is 9.14. The first-order chi connectivity index (χ1) is 5.66. The van der Waals surface area contributed by atoms with Crippen molar-refractivity contribution in [1.82, 2.24) is 9.55 Å². The van der Waals surface area contributed by atoms with Crippen LogP contribution >= 0.6 is 11.6 Å². The maximum Gasteiger partial charge on any atom is 0.201 e. The largest absolute Gasteiger partial charge is 0.369 e. The van der Waals surface area contributed by atoms with E-state index in [1.807, 2.05) is 7.05 Å². The minimum Gasteiger partial charge on any atom is -0.369 e. The zero-order valence-electron chi connectivity index (χ0n) is 7.47. The van der Waals surface area contributed by atoms with E-state index in [4.69, 9.17) is 17.3 Å². The minimum absolute atomic E-state index is 0.492. The molecule has 0 spiro atoms. The number of rotatable bonds is 3. The molecular weight excluding hydrogens is 174 g/mol. The van der Waals surface area contributed by atoms with E-state index in [0.29, 0.717) is 11.1 Å². The van der Waals surface area contributed by atoms with Crippen LogP contribution in [0.15, 0.2) is 0 Å². The Kier molecular flexibility index (Phi) is 2.98. The summed E-state index contributed by atoms with van der Waals surface area (Å²) < 4.78 is 1.70. The molecule has 1 aromatic heterocycles. The number of unbranched alkanes of at least 4 members (excludes halogenated alkanes) is 1. The number of aryl methyl sites for hydroxylation is 1. The molecule has 0 aromatic carbocycles. The normalized spacial score (nSPS) is 10.6. The monoisotopic (exact) mass is 187 g/mol. The molecule has 0 aliphatic rings.